The summed E-state index contributed by atoms with van der Waals surface area (Å²) in [4.78, 5) is 0. The van der Waals surface area contributed by atoms with Gasteiger partial charge in [-0.15, -0.1) is 0 Å². The standard InChI is InChI=1S/C25H28NO/c1-15-12-19-14-16(2)17(3)22-23(19)21(13-15)27-25-20(10-11-26(4)24(22)25)18-8-6-5-7-9-18/h10-14,18H,5-9H2,1-4H3/q+1. The number of benzene rings is 2. The average molecular weight is 359 g/mol. The first-order chi connectivity index (χ1) is 13.0. The Morgan fingerprint density at radius 2 is 1.78 bits per heavy atom. The van der Waals surface area contributed by atoms with E-state index in [-0.39, 0.29) is 0 Å². The summed E-state index contributed by atoms with van der Waals surface area (Å²) >= 11 is 0. The molecule has 5 rings (SSSR count). The second kappa shape index (κ2) is 6.09. The zero-order chi connectivity index (χ0) is 18.7. The van der Waals surface area contributed by atoms with Crippen molar-refractivity contribution in [3.8, 4) is 22.8 Å². The van der Waals surface area contributed by atoms with E-state index >= 15 is 0 Å². The molecule has 0 spiro atoms. The summed E-state index contributed by atoms with van der Waals surface area (Å²) in [6, 6.07) is 9.11. The quantitative estimate of drug-likeness (QED) is 0.358. The van der Waals surface area contributed by atoms with Crippen molar-refractivity contribution >= 4 is 10.8 Å². The lowest BCUT2D eigenvalue weighted by atomic mass is 9.82. The number of aromatic nitrogens is 1. The lowest BCUT2D eigenvalue weighted by Crippen LogP contribution is -2.33. The van der Waals surface area contributed by atoms with Crippen LogP contribution in [0.4, 0.5) is 0 Å². The molecular formula is C25H28NO+. The lowest BCUT2D eigenvalue weighted by Gasteiger charge is -2.28. The van der Waals surface area contributed by atoms with Gasteiger partial charge < -0.3 is 4.74 Å². The first-order valence-corrected chi connectivity index (χ1v) is 10.3. The van der Waals surface area contributed by atoms with Gasteiger partial charge in [0.1, 0.15) is 12.8 Å². The Kier molecular flexibility index (Phi) is 3.79. The summed E-state index contributed by atoms with van der Waals surface area (Å²) in [6.07, 6.45) is 8.85. The van der Waals surface area contributed by atoms with Crippen LogP contribution in [0.5, 0.6) is 11.5 Å². The van der Waals surface area contributed by atoms with Gasteiger partial charge in [-0.3, -0.25) is 0 Å². The van der Waals surface area contributed by atoms with Crippen molar-refractivity contribution in [2.45, 2.75) is 58.8 Å². The molecule has 0 radical (unpaired) electrons. The third-order valence-electron chi connectivity index (χ3n) is 6.67. The van der Waals surface area contributed by atoms with E-state index in [9.17, 15) is 0 Å². The van der Waals surface area contributed by atoms with Gasteiger partial charge in [0.25, 0.3) is 5.69 Å². The first-order valence-electron chi connectivity index (χ1n) is 10.3. The van der Waals surface area contributed by atoms with E-state index in [1.807, 2.05) is 0 Å². The zero-order valence-electron chi connectivity index (χ0n) is 16.9. The number of rotatable bonds is 1. The van der Waals surface area contributed by atoms with E-state index in [1.54, 1.807) is 0 Å². The molecule has 0 atom stereocenters. The maximum atomic E-state index is 6.67. The third kappa shape index (κ3) is 2.50. The molecule has 1 saturated carbocycles. The summed E-state index contributed by atoms with van der Waals surface area (Å²) in [7, 11) is 2.15. The van der Waals surface area contributed by atoms with Crippen LogP contribution in [0.15, 0.2) is 30.5 Å². The van der Waals surface area contributed by atoms with E-state index in [2.05, 4.69) is 62.8 Å². The van der Waals surface area contributed by atoms with Gasteiger partial charge in [-0.25, -0.2) is 0 Å². The molecule has 3 aromatic rings. The molecule has 1 aliphatic carbocycles. The van der Waals surface area contributed by atoms with E-state index in [0.717, 1.165) is 11.5 Å². The highest BCUT2D eigenvalue weighted by atomic mass is 16.5. The molecule has 0 saturated heterocycles. The largest absolute Gasteiger partial charge is 0.449 e. The highest BCUT2D eigenvalue weighted by Gasteiger charge is 2.34. The van der Waals surface area contributed by atoms with Crippen LogP contribution in [-0.2, 0) is 7.05 Å². The molecule has 1 fully saturated rings. The molecule has 2 aliphatic rings. The molecule has 0 bridgehead atoms. The summed E-state index contributed by atoms with van der Waals surface area (Å²) in [5.41, 5.74) is 8.00. The van der Waals surface area contributed by atoms with Crippen LogP contribution in [-0.4, -0.2) is 0 Å². The minimum absolute atomic E-state index is 0.626. The minimum Gasteiger partial charge on any atom is -0.449 e. The van der Waals surface area contributed by atoms with E-state index in [1.165, 1.54) is 76.4 Å². The molecule has 1 aromatic heterocycles. The van der Waals surface area contributed by atoms with Gasteiger partial charge in [0.05, 0.1) is 5.56 Å². The van der Waals surface area contributed by atoms with Gasteiger partial charge in [-0.05, 0) is 67.7 Å². The van der Waals surface area contributed by atoms with Gasteiger partial charge >= 0.3 is 0 Å². The fourth-order valence-electron chi connectivity index (χ4n) is 5.15. The second-order valence-electron chi connectivity index (χ2n) is 8.55. The molecule has 2 heterocycles. The Hall–Kier alpha value is -2.35. The molecule has 2 aromatic carbocycles. The van der Waals surface area contributed by atoms with Gasteiger partial charge in [0.2, 0.25) is 5.75 Å². The Bertz CT molecular complexity index is 1070. The smallest absolute Gasteiger partial charge is 0.256 e. The summed E-state index contributed by atoms with van der Waals surface area (Å²) in [5.74, 6) is 2.75. The fraction of sp³-hybridized carbons (Fsp3) is 0.400. The SMILES string of the molecule is Cc1cc2c3c(c(C)c(C)cc3c1)-c1c(c(C3CCCCC3)cc[n+]1C)O2. The van der Waals surface area contributed by atoms with Gasteiger partial charge in [-0.2, -0.15) is 4.57 Å². The van der Waals surface area contributed by atoms with Crippen molar-refractivity contribution in [2.24, 2.45) is 7.05 Å². The van der Waals surface area contributed by atoms with Crippen LogP contribution >= 0.6 is 0 Å². The summed E-state index contributed by atoms with van der Waals surface area (Å²) < 4.78 is 8.93. The lowest BCUT2D eigenvalue weighted by molar-refractivity contribution is -0.660. The predicted octanol–water partition coefficient (Wildman–Crippen LogP) is 6.41. The molecule has 0 amide bonds. The number of aryl methyl sites for hydroxylation is 3. The van der Waals surface area contributed by atoms with Crippen LogP contribution in [0, 0.1) is 20.8 Å². The van der Waals surface area contributed by atoms with Crippen molar-refractivity contribution in [3.63, 3.8) is 0 Å². The Morgan fingerprint density at radius 3 is 2.56 bits per heavy atom. The van der Waals surface area contributed by atoms with Crippen LogP contribution in [0.1, 0.15) is 60.3 Å². The molecular weight excluding hydrogens is 330 g/mol. The Morgan fingerprint density at radius 1 is 1.00 bits per heavy atom. The van der Waals surface area contributed by atoms with Crippen molar-refractivity contribution in [1.82, 2.24) is 0 Å². The highest BCUT2D eigenvalue weighted by molar-refractivity contribution is 6.05. The van der Waals surface area contributed by atoms with Crippen molar-refractivity contribution < 1.29 is 9.30 Å². The fourth-order valence-corrected chi connectivity index (χ4v) is 5.15. The molecule has 2 nitrogen and oxygen atoms in total. The second-order valence-corrected chi connectivity index (χ2v) is 8.55. The summed E-state index contributed by atoms with van der Waals surface area (Å²) in [6.45, 7) is 6.65. The van der Waals surface area contributed by atoms with E-state index in [4.69, 9.17) is 4.74 Å². The van der Waals surface area contributed by atoms with Crippen LogP contribution in [0.25, 0.3) is 22.0 Å². The third-order valence-corrected chi connectivity index (χ3v) is 6.67. The molecule has 0 N–H and O–H groups in total. The van der Waals surface area contributed by atoms with Crippen LogP contribution < -0.4 is 9.30 Å². The van der Waals surface area contributed by atoms with Crippen LogP contribution in [0.3, 0.4) is 0 Å². The molecule has 1 aliphatic heterocycles. The maximum Gasteiger partial charge on any atom is 0.256 e. The van der Waals surface area contributed by atoms with Gasteiger partial charge in [0.15, 0.2) is 6.20 Å². The number of pyridine rings is 1. The first kappa shape index (κ1) is 16.8. The summed E-state index contributed by atoms with van der Waals surface area (Å²) in [5, 5.41) is 2.56. The predicted molar refractivity (Wildman–Crippen MR) is 111 cm³/mol. The normalized spacial score (nSPS) is 16.3. The number of hydrogen-bond donors (Lipinski definition) is 0. The van der Waals surface area contributed by atoms with Crippen molar-refractivity contribution in [1.29, 1.82) is 0 Å². The molecule has 2 heteroatoms. The highest BCUT2D eigenvalue weighted by Crippen LogP contribution is 2.51. The van der Waals surface area contributed by atoms with Gasteiger partial charge in [-0.1, -0.05) is 31.4 Å². The van der Waals surface area contributed by atoms with Crippen molar-refractivity contribution in [3.05, 3.63) is 52.7 Å². The monoisotopic (exact) mass is 358 g/mol. The van der Waals surface area contributed by atoms with Crippen LogP contribution in [0.2, 0.25) is 0 Å². The molecule has 27 heavy (non-hydrogen) atoms. The zero-order valence-corrected chi connectivity index (χ0v) is 16.9. The Labute approximate surface area is 161 Å². The number of hydrogen-bond acceptors (Lipinski definition) is 1. The molecule has 0 unspecified atom stereocenters. The van der Waals surface area contributed by atoms with E-state index < -0.39 is 0 Å². The van der Waals surface area contributed by atoms with Gasteiger partial charge in [0, 0.05) is 17.0 Å². The number of fused-ring (bicyclic) bond motifs is 2. The molecule has 138 valence electrons. The average Bonchev–Trinajstić information content (AvgIpc) is 2.66. The minimum atomic E-state index is 0.626. The maximum absolute atomic E-state index is 6.67. The topological polar surface area (TPSA) is 13.1 Å². The Balaban J connectivity index is 1.85. The number of ether oxygens (including phenoxy) is 1. The number of nitrogens with zero attached hydrogens (tertiary/aromatic N) is 1. The van der Waals surface area contributed by atoms with E-state index in [0.29, 0.717) is 5.92 Å². The van der Waals surface area contributed by atoms with Crippen molar-refractivity contribution in [2.75, 3.05) is 0 Å².